The molecule has 0 radical (unpaired) electrons. The number of benzene rings is 1. The van der Waals surface area contributed by atoms with E-state index in [1.807, 2.05) is 30.0 Å². The normalized spacial score (nSPS) is 22.4. The van der Waals surface area contributed by atoms with Crippen LogP contribution in [0, 0.1) is 0 Å². The van der Waals surface area contributed by atoms with Crippen LogP contribution in [0.5, 0.6) is 11.5 Å². The Morgan fingerprint density at radius 1 is 1.10 bits per heavy atom. The second-order valence-corrected chi connectivity index (χ2v) is 8.03. The third kappa shape index (κ3) is 5.08. The van der Waals surface area contributed by atoms with Gasteiger partial charge in [0.05, 0.1) is 20.8 Å². The van der Waals surface area contributed by atoms with Gasteiger partial charge in [0.2, 0.25) is 0 Å². The van der Waals surface area contributed by atoms with Crippen molar-refractivity contribution in [2.45, 2.75) is 32.4 Å². The molecule has 170 valence electrons. The maximum absolute atomic E-state index is 12.4. The molecule has 1 atom stereocenters. The molecule has 4 amide bonds. The Balaban J connectivity index is 1.46. The van der Waals surface area contributed by atoms with Crippen LogP contribution in [0.1, 0.15) is 25.8 Å². The van der Waals surface area contributed by atoms with Gasteiger partial charge in [-0.2, -0.15) is 5.01 Å². The van der Waals surface area contributed by atoms with Crippen LogP contribution in [-0.4, -0.2) is 85.1 Å². The Bertz CT molecular complexity index is 839. The molecule has 1 aromatic carbocycles. The molecule has 0 bridgehead atoms. The van der Waals surface area contributed by atoms with Crippen molar-refractivity contribution in [3.8, 4) is 11.5 Å². The van der Waals surface area contributed by atoms with Crippen molar-refractivity contribution in [1.82, 2.24) is 25.6 Å². The molecule has 3 rings (SSSR count). The zero-order valence-corrected chi connectivity index (χ0v) is 18.6. The highest BCUT2D eigenvalue weighted by Crippen LogP contribution is 2.28. The molecular weight excluding hydrogens is 402 g/mol. The van der Waals surface area contributed by atoms with Crippen molar-refractivity contribution in [3.63, 3.8) is 0 Å². The van der Waals surface area contributed by atoms with Crippen LogP contribution in [0.15, 0.2) is 18.2 Å². The lowest BCUT2D eigenvalue weighted by Gasteiger charge is -2.34. The predicted molar refractivity (Wildman–Crippen MR) is 113 cm³/mol. The summed E-state index contributed by atoms with van der Waals surface area (Å²) in [4.78, 5) is 41.1. The van der Waals surface area contributed by atoms with E-state index in [-0.39, 0.29) is 12.5 Å². The van der Waals surface area contributed by atoms with Crippen molar-refractivity contribution in [2.75, 3.05) is 46.9 Å². The molecule has 2 fully saturated rings. The fourth-order valence-electron chi connectivity index (χ4n) is 3.73. The Morgan fingerprint density at radius 3 is 2.32 bits per heavy atom. The Morgan fingerprint density at radius 2 is 1.74 bits per heavy atom. The molecule has 2 aliphatic heterocycles. The summed E-state index contributed by atoms with van der Waals surface area (Å²) in [5.41, 5.74) is 2.60. The predicted octanol–water partition coefficient (Wildman–Crippen LogP) is 0.573. The quantitative estimate of drug-likeness (QED) is 0.578. The number of piperazine rings is 1. The van der Waals surface area contributed by atoms with Crippen molar-refractivity contribution in [3.05, 3.63) is 23.8 Å². The molecular formula is C21H31N5O5. The molecule has 0 spiro atoms. The average molecular weight is 434 g/mol. The van der Waals surface area contributed by atoms with Gasteiger partial charge >= 0.3 is 6.03 Å². The van der Waals surface area contributed by atoms with E-state index in [0.29, 0.717) is 31.0 Å². The molecule has 1 unspecified atom stereocenters. The SMILES string of the molecule is CCC1(C)NC(=O)N(NC(=O)CN2CCN(Cc3ccc(OC)c(OC)c3)CC2)C1=O. The van der Waals surface area contributed by atoms with Crippen LogP contribution in [0.4, 0.5) is 4.79 Å². The van der Waals surface area contributed by atoms with Crippen molar-refractivity contribution < 1.29 is 23.9 Å². The highest BCUT2D eigenvalue weighted by atomic mass is 16.5. The topological polar surface area (TPSA) is 103 Å². The van der Waals surface area contributed by atoms with E-state index in [9.17, 15) is 14.4 Å². The van der Waals surface area contributed by atoms with Crippen LogP contribution < -0.4 is 20.2 Å². The smallest absolute Gasteiger partial charge is 0.344 e. The Kier molecular flexibility index (Phi) is 7.01. The number of nitrogens with zero attached hydrogens (tertiary/aromatic N) is 3. The monoisotopic (exact) mass is 433 g/mol. The van der Waals surface area contributed by atoms with Crippen molar-refractivity contribution in [2.24, 2.45) is 0 Å². The highest BCUT2D eigenvalue weighted by molar-refractivity contribution is 6.07. The van der Waals surface area contributed by atoms with Gasteiger partial charge in [-0.05, 0) is 31.0 Å². The fraction of sp³-hybridized carbons (Fsp3) is 0.571. The van der Waals surface area contributed by atoms with Gasteiger partial charge in [0.15, 0.2) is 11.5 Å². The van der Waals surface area contributed by atoms with Crippen LogP contribution in [0.2, 0.25) is 0 Å². The first-order chi connectivity index (χ1) is 14.8. The summed E-state index contributed by atoms with van der Waals surface area (Å²) in [6.07, 6.45) is 0.450. The third-order valence-electron chi connectivity index (χ3n) is 5.89. The lowest BCUT2D eigenvalue weighted by Crippen LogP contribution is -2.53. The van der Waals surface area contributed by atoms with Gasteiger partial charge in [0, 0.05) is 32.7 Å². The van der Waals surface area contributed by atoms with Crippen LogP contribution in [0.3, 0.4) is 0 Å². The number of hydrazine groups is 1. The lowest BCUT2D eigenvalue weighted by molar-refractivity contribution is -0.139. The van der Waals surface area contributed by atoms with Gasteiger partial charge in [-0.3, -0.25) is 24.8 Å². The minimum atomic E-state index is -0.972. The minimum Gasteiger partial charge on any atom is -0.493 e. The summed E-state index contributed by atoms with van der Waals surface area (Å²) in [5, 5.41) is 3.41. The summed E-state index contributed by atoms with van der Waals surface area (Å²) >= 11 is 0. The zero-order chi connectivity index (χ0) is 22.6. The largest absolute Gasteiger partial charge is 0.493 e. The summed E-state index contributed by atoms with van der Waals surface area (Å²) < 4.78 is 10.6. The minimum absolute atomic E-state index is 0.129. The molecule has 2 N–H and O–H groups in total. The van der Waals surface area contributed by atoms with Crippen LogP contribution in [-0.2, 0) is 16.1 Å². The first-order valence-electron chi connectivity index (χ1n) is 10.4. The number of carbonyl (C=O) groups is 3. The Hall–Kier alpha value is -2.85. The number of amides is 4. The van der Waals surface area contributed by atoms with E-state index in [1.54, 1.807) is 21.1 Å². The molecule has 2 saturated heterocycles. The van der Waals surface area contributed by atoms with Crippen molar-refractivity contribution in [1.29, 1.82) is 0 Å². The van der Waals surface area contributed by atoms with E-state index in [1.165, 1.54) is 0 Å². The van der Waals surface area contributed by atoms with Gasteiger partial charge < -0.3 is 14.8 Å². The van der Waals surface area contributed by atoms with Crippen molar-refractivity contribution >= 4 is 17.8 Å². The molecule has 10 heteroatoms. The first kappa shape index (κ1) is 22.8. The summed E-state index contributed by atoms with van der Waals surface area (Å²) in [7, 11) is 3.23. The fourth-order valence-corrected chi connectivity index (χ4v) is 3.73. The summed E-state index contributed by atoms with van der Waals surface area (Å²) in [6.45, 7) is 7.41. The Labute approximate surface area is 182 Å². The average Bonchev–Trinajstić information content (AvgIpc) is 2.98. The van der Waals surface area contributed by atoms with Gasteiger partial charge in [-0.1, -0.05) is 13.0 Å². The van der Waals surface area contributed by atoms with E-state index in [4.69, 9.17) is 9.47 Å². The molecule has 10 nitrogen and oxygen atoms in total. The number of methoxy groups -OCH3 is 2. The standard InChI is InChI=1S/C21H31N5O5/c1-5-21(2)19(28)26(20(29)22-21)23-18(27)14-25-10-8-24(9-11-25)13-15-6-7-16(30-3)17(12-15)31-4/h6-7,12H,5,8-11,13-14H2,1-4H3,(H,22,29)(H,23,27). The highest BCUT2D eigenvalue weighted by Gasteiger charge is 2.47. The first-order valence-corrected chi connectivity index (χ1v) is 10.4. The van der Waals surface area contributed by atoms with Gasteiger partial charge in [-0.25, -0.2) is 4.79 Å². The molecule has 31 heavy (non-hydrogen) atoms. The molecule has 2 aliphatic rings. The van der Waals surface area contributed by atoms with Crippen LogP contribution in [0.25, 0.3) is 0 Å². The van der Waals surface area contributed by atoms with E-state index >= 15 is 0 Å². The zero-order valence-electron chi connectivity index (χ0n) is 18.6. The number of rotatable bonds is 8. The molecule has 0 saturated carbocycles. The van der Waals surface area contributed by atoms with Gasteiger partial charge in [0.25, 0.3) is 11.8 Å². The maximum Gasteiger partial charge on any atom is 0.344 e. The van der Waals surface area contributed by atoms with E-state index in [2.05, 4.69) is 15.6 Å². The van der Waals surface area contributed by atoms with Crippen LogP contribution >= 0.6 is 0 Å². The third-order valence-corrected chi connectivity index (χ3v) is 5.89. The molecule has 0 aliphatic carbocycles. The number of hydrogen-bond acceptors (Lipinski definition) is 7. The van der Waals surface area contributed by atoms with Gasteiger partial charge in [0.1, 0.15) is 5.54 Å². The number of hydrogen-bond donors (Lipinski definition) is 2. The second-order valence-electron chi connectivity index (χ2n) is 8.03. The summed E-state index contributed by atoms with van der Waals surface area (Å²) in [6, 6.07) is 5.29. The number of ether oxygens (including phenoxy) is 2. The lowest BCUT2D eigenvalue weighted by atomic mass is 10.00. The summed E-state index contributed by atoms with van der Waals surface area (Å²) in [5.74, 6) is 0.590. The number of nitrogens with one attached hydrogen (secondary N) is 2. The maximum atomic E-state index is 12.4. The number of imide groups is 1. The number of carbonyl (C=O) groups excluding carboxylic acids is 3. The second kappa shape index (κ2) is 9.52. The molecule has 2 heterocycles. The van der Waals surface area contributed by atoms with E-state index in [0.717, 1.165) is 30.2 Å². The van der Waals surface area contributed by atoms with Gasteiger partial charge in [-0.15, -0.1) is 0 Å². The molecule has 0 aromatic heterocycles. The molecule has 1 aromatic rings. The van der Waals surface area contributed by atoms with E-state index < -0.39 is 17.5 Å². The number of urea groups is 1.